The fraction of sp³-hybridized carbons (Fsp3) is 0.280. The number of carbonyl (C=O) groups is 1. The second-order valence-electron chi connectivity index (χ2n) is 8.37. The topological polar surface area (TPSA) is 72.1 Å². The van der Waals surface area contributed by atoms with Crippen LogP contribution in [-0.2, 0) is 0 Å². The molecular formula is C25H23FN4O2. The van der Waals surface area contributed by atoms with Gasteiger partial charge in [-0.05, 0) is 68.7 Å². The maximum Gasteiger partial charge on any atom is 0.254 e. The minimum absolute atomic E-state index is 0.0122. The van der Waals surface area contributed by atoms with Gasteiger partial charge in [-0.2, -0.15) is 0 Å². The summed E-state index contributed by atoms with van der Waals surface area (Å²) in [5, 5.41) is 0. The Kier molecular flexibility index (Phi) is 5.17. The molecule has 1 fully saturated rings. The molecule has 0 saturated carbocycles. The molecule has 162 valence electrons. The van der Waals surface area contributed by atoms with Crippen molar-refractivity contribution in [3.05, 3.63) is 77.7 Å². The summed E-state index contributed by atoms with van der Waals surface area (Å²) < 4.78 is 20.2. The van der Waals surface area contributed by atoms with Crippen LogP contribution in [0.3, 0.4) is 0 Å². The lowest BCUT2D eigenvalue weighted by Gasteiger charge is -2.37. The Balaban J connectivity index is 1.47. The summed E-state index contributed by atoms with van der Waals surface area (Å²) in [6, 6.07) is 11.8. The Morgan fingerprint density at radius 3 is 2.75 bits per heavy atom. The van der Waals surface area contributed by atoms with Gasteiger partial charge in [0.05, 0.1) is 11.5 Å². The Bertz CT molecular complexity index is 1290. The Hall–Kier alpha value is -3.61. The smallest absolute Gasteiger partial charge is 0.254 e. The quantitative estimate of drug-likeness (QED) is 0.450. The van der Waals surface area contributed by atoms with Crippen LogP contribution in [0.4, 0.5) is 4.39 Å². The predicted octanol–water partition coefficient (Wildman–Crippen LogP) is 5.14. The first kappa shape index (κ1) is 20.3. The number of fused-ring (bicyclic) bond motifs is 1. The van der Waals surface area contributed by atoms with Gasteiger partial charge in [-0.25, -0.2) is 19.3 Å². The van der Waals surface area contributed by atoms with Crippen molar-refractivity contribution in [2.45, 2.75) is 38.6 Å². The van der Waals surface area contributed by atoms with E-state index in [-0.39, 0.29) is 23.4 Å². The summed E-state index contributed by atoms with van der Waals surface area (Å²) in [6.07, 6.45) is 4.89. The summed E-state index contributed by atoms with van der Waals surface area (Å²) in [5.41, 5.74) is 3.47. The molecule has 3 heterocycles. The van der Waals surface area contributed by atoms with Crippen LogP contribution < -0.4 is 0 Å². The summed E-state index contributed by atoms with van der Waals surface area (Å²) in [7, 11) is 0. The van der Waals surface area contributed by atoms with E-state index in [1.165, 1.54) is 12.1 Å². The zero-order chi connectivity index (χ0) is 22.2. The van der Waals surface area contributed by atoms with Crippen LogP contribution in [0.15, 0.2) is 59.3 Å². The van der Waals surface area contributed by atoms with Gasteiger partial charge in [0.1, 0.15) is 11.3 Å². The van der Waals surface area contributed by atoms with E-state index in [1.54, 1.807) is 29.4 Å². The normalized spacial score (nSPS) is 18.8. The molecule has 5 rings (SSSR count). The fourth-order valence-electron chi connectivity index (χ4n) is 4.30. The standard InChI is InChI=1S/C25H23FN4O2/c1-15-4-9-22-21(12-15)29-24(32-22)17-6-5-16(2)30(14-17)25(31)20-13-18(26)7-8-19(20)23-27-10-3-11-28-23/h3-4,7-13,16-17H,5-6,14H2,1-2H3/t16-,17?/m1/s1. The third kappa shape index (κ3) is 3.75. The summed E-state index contributed by atoms with van der Waals surface area (Å²) >= 11 is 0. The van der Waals surface area contributed by atoms with Crippen molar-refractivity contribution in [1.82, 2.24) is 19.9 Å². The van der Waals surface area contributed by atoms with Crippen molar-refractivity contribution in [2.75, 3.05) is 6.54 Å². The van der Waals surface area contributed by atoms with E-state index in [0.717, 1.165) is 29.5 Å². The van der Waals surface area contributed by atoms with Crippen LogP contribution in [0.25, 0.3) is 22.5 Å². The molecule has 1 aliphatic rings. The monoisotopic (exact) mass is 430 g/mol. The van der Waals surface area contributed by atoms with Crippen LogP contribution >= 0.6 is 0 Å². The molecule has 0 aliphatic carbocycles. The predicted molar refractivity (Wildman–Crippen MR) is 119 cm³/mol. The van der Waals surface area contributed by atoms with Gasteiger partial charge < -0.3 is 9.32 Å². The van der Waals surface area contributed by atoms with Gasteiger partial charge in [0.2, 0.25) is 0 Å². The first-order valence-corrected chi connectivity index (χ1v) is 10.7. The number of nitrogens with zero attached hydrogens (tertiary/aromatic N) is 4. The van der Waals surface area contributed by atoms with E-state index in [4.69, 9.17) is 4.42 Å². The number of halogens is 1. The summed E-state index contributed by atoms with van der Waals surface area (Å²) in [5.74, 6) is 0.306. The lowest BCUT2D eigenvalue weighted by atomic mass is 9.92. The number of hydrogen-bond donors (Lipinski definition) is 0. The molecule has 2 atom stereocenters. The van der Waals surface area contributed by atoms with Gasteiger partial charge in [-0.1, -0.05) is 6.07 Å². The van der Waals surface area contributed by atoms with Crippen LogP contribution in [0.5, 0.6) is 0 Å². The highest BCUT2D eigenvalue weighted by atomic mass is 19.1. The zero-order valence-corrected chi connectivity index (χ0v) is 18.0. The second kappa shape index (κ2) is 8.15. The van der Waals surface area contributed by atoms with Crippen molar-refractivity contribution >= 4 is 17.0 Å². The zero-order valence-electron chi connectivity index (χ0n) is 18.0. The van der Waals surface area contributed by atoms with Gasteiger partial charge in [0.25, 0.3) is 5.91 Å². The van der Waals surface area contributed by atoms with Crippen molar-refractivity contribution < 1.29 is 13.6 Å². The van der Waals surface area contributed by atoms with Gasteiger partial charge in [0.15, 0.2) is 17.3 Å². The SMILES string of the molecule is Cc1ccc2oc(C3CC[C@@H](C)N(C(=O)c4cc(F)ccc4-c4ncccn4)C3)nc2c1. The summed E-state index contributed by atoms with van der Waals surface area (Å²) in [6.45, 7) is 4.49. The maximum absolute atomic E-state index is 14.1. The molecule has 6 nitrogen and oxygen atoms in total. The van der Waals surface area contributed by atoms with E-state index in [2.05, 4.69) is 15.0 Å². The third-order valence-corrected chi connectivity index (χ3v) is 6.07. The average Bonchev–Trinajstić information content (AvgIpc) is 3.22. The summed E-state index contributed by atoms with van der Waals surface area (Å²) in [4.78, 5) is 28.6. The highest BCUT2D eigenvalue weighted by molar-refractivity contribution is 6.00. The van der Waals surface area contributed by atoms with Crippen molar-refractivity contribution in [1.29, 1.82) is 0 Å². The number of likely N-dealkylation sites (tertiary alicyclic amines) is 1. The Labute approximate surface area is 185 Å². The molecule has 32 heavy (non-hydrogen) atoms. The number of amides is 1. The molecule has 2 aromatic heterocycles. The molecule has 0 N–H and O–H groups in total. The van der Waals surface area contributed by atoms with Crippen LogP contribution in [0.1, 0.15) is 47.5 Å². The first-order chi connectivity index (χ1) is 15.5. The van der Waals surface area contributed by atoms with Gasteiger partial charge >= 0.3 is 0 Å². The molecule has 2 aromatic carbocycles. The Morgan fingerprint density at radius 2 is 1.94 bits per heavy atom. The van der Waals surface area contributed by atoms with Crippen molar-refractivity contribution in [2.24, 2.45) is 0 Å². The molecule has 1 aliphatic heterocycles. The van der Waals surface area contributed by atoms with Gasteiger partial charge in [-0.3, -0.25) is 4.79 Å². The van der Waals surface area contributed by atoms with Crippen molar-refractivity contribution in [3.8, 4) is 11.4 Å². The lowest BCUT2D eigenvalue weighted by Crippen LogP contribution is -2.45. The number of aryl methyl sites for hydroxylation is 1. The molecular weight excluding hydrogens is 407 g/mol. The van der Waals surface area contributed by atoms with E-state index >= 15 is 0 Å². The second-order valence-corrected chi connectivity index (χ2v) is 8.37. The molecule has 7 heteroatoms. The maximum atomic E-state index is 14.1. The highest BCUT2D eigenvalue weighted by Gasteiger charge is 2.34. The number of piperidine rings is 1. The van der Waals surface area contributed by atoms with Crippen molar-refractivity contribution in [3.63, 3.8) is 0 Å². The molecule has 1 saturated heterocycles. The molecule has 1 unspecified atom stereocenters. The van der Waals surface area contributed by atoms with Crippen LogP contribution in [0, 0.1) is 12.7 Å². The van der Waals surface area contributed by atoms with Gasteiger partial charge in [-0.15, -0.1) is 0 Å². The molecule has 0 spiro atoms. The third-order valence-electron chi connectivity index (χ3n) is 6.07. The Morgan fingerprint density at radius 1 is 1.12 bits per heavy atom. The van der Waals surface area contributed by atoms with Crippen LogP contribution in [-0.4, -0.2) is 38.3 Å². The van der Waals surface area contributed by atoms with E-state index in [9.17, 15) is 9.18 Å². The number of rotatable bonds is 3. The fourth-order valence-corrected chi connectivity index (χ4v) is 4.30. The number of hydrogen-bond acceptors (Lipinski definition) is 5. The van der Waals surface area contributed by atoms with Crippen LogP contribution in [0.2, 0.25) is 0 Å². The number of benzene rings is 2. The number of oxazole rings is 1. The first-order valence-electron chi connectivity index (χ1n) is 10.7. The van der Waals surface area contributed by atoms with E-state index < -0.39 is 5.82 Å². The van der Waals surface area contributed by atoms with Gasteiger partial charge in [0, 0.05) is 30.5 Å². The number of carbonyl (C=O) groups excluding carboxylic acids is 1. The highest BCUT2D eigenvalue weighted by Crippen LogP contribution is 2.33. The van der Waals surface area contributed by atoms with E-state index in [0.29, 0.717) is 23.8 Å². The number of aromatic nitrogens is 3. The average molecular weight is 430 g/mol. The minimum atomic E-state index is -0.469. The minimum Gasteiger partial charge on any atom is -0.440 e. The van der Waals surface area contributed by atoms with E-state index in [1.807, 2.05) is 32.0 Å². The molecule has 0 radical (unpaired) electrons. The molecule has 0 bridgehead atoms. The molecule has 4 aromatic rings. The largest absolute Gasteiger partial charge is 0.440 e. The molecule has 1 amide bonds. The lowest BCUT2D eigenvalue weighted by molar-refractivity contribution is 0.0598.